The van der Waals surface area contributed by atoms with E-state index < -0.39 is 0 Å². The van der Waals surface area contributed by atoms with Crippen molar-refractivity contribution >= 4 is 68.5 Å². The maximum atomic E-state index is 5.93. The monoisotopic (exact) mass is 405 g/mol. The molecule has 19 heavy (non-hydrogen) atoms. The van der Waals surface area contributed by atoms with Crippen LogP contribution in [0.3, 0.4) is 0 Å². The zero-order chi connectivity index (χ0) is 13.4. The summed E-state index contributed by atoms with van der Waals surface area (Å²) in [7, 11) is 0. The lowest BCUT2D eigenvalue weighted by atomic mass is 10.3. The second-order valence-corrected chi connectivity index (χ2v) is 5.63. The van der Waals surface area contributed by atoms with Crippen molar-refractivity contribution in [3.63, 3.8) is 0 Å². The molecule has 0 aliphatic carbocycles. The Morgan fingerprint density at radius 2 is 2.05 bits per heavy atom. The van der Waals surface area contributed by atoms with Gasteiger partial charge in [-0.25, -0.2) is 4.98 Å². The molecule has 2 N–H and O–H groups in total. The van der Waals surface area contributed by atoms with Gasteiger partial charge in [-0.3, -0.25) is 0 Å². The third-order valence-corrected chi connectivity index (χ3v) is 3.74. The van der Waals surface area contributed by atoms with Gasteiger partial charge in [0.15, 0.2) is 11.5 Å². The summed E-state index contributed by atoms with van der Waals surface area (Å²) in [5.74, 6) is 0.577. The van der Waals surface area contributed by atoms with Gasteiger partial charge in [0.2, 0.25) is 5.28 Å². The number of hydrogen-bond donors (Lipinski definition) is 2. The Morgan fingerprint density at radius 1 is 1.21 bits per heavy atom. The molecule has 0 radical (unpaired) electrons. The molecule has 0 aliphatic rings. The van der Waals surface area contributed by atoms with Crippen LogP contribution in [0, 0.1) is 3.57 Å². The van der Waals surface area contributed by atoms with Gasteiger partial charge in [-0.15, -0.1) is 0 Å². The smallest absolute Gasteiger partial charge is 0.226 e. The number of halogens is 3. The number of aromatic amines is 1. The minimum absolute atomic E-state index is 0.145. The SMILES string of the molecule is Clc1ccc(Nc2nc(Cl)nc3nc[nH]c23)c(I)c1. The number of H-pyrrole nitrogens is 1. The summed E-state index contributed by atoms with van der Waals surface area (Å²) in [6, 6.07) is 5.54. The van der Waals surface area contributed by atoms with Crippen LogP contribution in [-0.4, -0.2) is 19.9 Å². The van der Waals surface area contributed by atoms with Gasteiger partial charge in [0.05, 0.1) is 12.0 Å². The predicted molar refractivity (Wildman–Crippen MR) is 84.1 cm³/mol. The molecule has 3 aromatic rings. The molecule has 0 fully saturated rings. The number of benzene rings is 1. The molecule has 1 aromatic carbocycles. The molecular formula is C11H6Cl2IN5. The van der Waals surface area contributed by atoms with Crippen LogP contribution in [-0.2, 0) is 0 Å². The Morgan fingerprint density at radius 3 is 2.84 bits per heavy atom. The lowest BCUT2D eigenvalue weighted by molar-refractivity contribution is 1.20. The number of nitrogens with zero attached hydrogens (tertiary/aromatic N) is 3. The van der Waals surface area contributed by atoms with Crippen LogP contribution in [0.15, 0.2) is 24.5 Å². The maximum absolute atomic E-state index is 5.93. The minimum Gasteiger partial charge on any atom is -0.340 e. The summed E-state index contributed by atoms with van der Waals surface area (Å²) in [5.41, 5.74) is 2.11. The molecule has 0 unspecified atom stereocenters. The molecule has 2 heterocycles. The molecule has 2 aromatic heterocycles. The summed E-state index contributed by atoms with van der Waals surface area (Å²) in [4.78, 5) is 15.2. The highest BCUT2D eigenvalue weighted by atomic mass is 127. The highest BCUT2D eigenvalue weighted by molar-refractivity contribution is 14.1. The zero-order valence-electron chi connectivity index (χ0n) is 9.28. The van der Waals surface area contributed by atoms with Crippen molar-refractivity contribution in [2.75, 3.05) is 5.32 Å². The van der Waals surface area contributed by atoms with Crippen LogP contribution in [0.2, 0.25) is 10.3 Å². The lowest BCUT2D eigenvalue weighted by Crippen LogP contribution is -1.98. The molecule has 0 bridgehead atoms. The summed E-state index contributed by atoms with van der Waals surface area (Å²) in [6.45, 7) is 0. The van der Waals surface area contributed by atoms with Gasteiger partial charge in [-0.2, -0.15) is 9.97 Å². The van der Waals surface area contributed by atoms with E-state index in [4.69, 9.17) is 23.2 Å². The topological polar surface area (TPSA) is 66.5 Å². The van der Waals surface area contributed by atoms with E-state index in [2.05, 4.69) is 47.8 Å². The van der Waals surface area contributed by atoms with Crippen molar-refractivity contribution in [3.05, 3.63) is 38.4 Å². The van der Waals surface area contributed by atoms with Crippen molar-refractivity contribution in [3.8, 4) is 0 Å². The standard InChI is InChI=1S/C11H6Cl2IN5/c12-5-1-2-7(6(14)3-5)17-10-8-9(16-4-15-8)18-11(13)19-10/h1-4H,(H2,15,16,17,18,19). The Balaban J connectivity index is 2.07. The molecule has 0 amide bonds. The van der Waals surface area contributed by atoms with Gasteiger partial charge in [0, 0.05) is 8.59 Å². The van der Waals surface area contributed by atoms with Crippen LogP contribution in [0.4, 0.5) is 11.5 Å². The summed E-state index contributed by atoms with van der Waals surface area (Å²) >= 11 is 14.0. The van der Waals surface area contributed by atoms with Gasteiger partial charge < -0.3 is 10.3 Å². The van der Waals surface area contributed by atoms with Crippen LogP contribution in [0.5, 0.6) is 0 Å². The Kier molecular flexibility index (Phi) is 3.46. The second kappa shape index (κ2) is 5.10. The first-order chi connectivity index (χ1) is 9.13. The van der Waals surface area contributed by atoms with Crippen molar-refractivity contribution in [1.29, 1.82) is 0 Å². The molecule has 3 rings (SSSR count). The van der Waals surface area contributed by atoms with E-state index >= 15 is 0 Å². The fourth-order valence-electron chi connectivity index (χ4n) is 1.62. The van der Waals surface area contributed by atoms with E-state index in [-0.39, 0.29) is 5.28 Å². The van der Waals surface area contributed by atoms with Gasteiger partial charge in [-0.1, -0.05) is 11.6 Å². The zero-order valence-corrected chi connectivity index (χ0v) is 13.0. The van der Waals surface area contributed by atoms with Gasteiger partial charge in [0.1, 0.15) is 5.52 Å². The average Bonchev–Trinajstić information content (AvgIpc) is 2.80. The van der Waals surface area contributed by atoms with Crippen LogP contribution < -0.4 is 5.32 Å². The van der Waals surface area contributed by atoms with E-state index in [1.807, 2.05) is 12.1 Å². The van der Waals surface area contributed by atoms with Crippen LogP contribution >= 0.6 is 45.8 Å². The number of aromatic nitrogens is 4. The van der Waals surface area contributed by atoms with Crippen LogP contribution in [0.1, 0.15) is 0 Å². The molecule has 0 spiro atoms. The number of fused-ring (bicyclic) bond motifs is 1. The molecule has 0 aliphatic heterocycles. The average molecular weight is 406 g/mol. The van der Waals surface area contributed by atoms with E-state index in [1.54, 1.807) is 12.4 Å². The Bertz CT molecular complexity index is 758. The first kappa shape index (κ1) is 12.9. The fourth-order valence-corrected chi connectivity index (χ4v) is 2.79. The van der Waals surface area contributed by atoms with Crippen LogP contribution in [0.25, 0.3) is 11.2 Å². The molecular weight excluding hydrogens is 400 g/mol. The van der Waals surface area contributed by atoms with Crippen molar-refractivity contribution in [2.24, 2.45) is 0 Å². The first-order valence-corrected chi connectivity index (χ1v) is 7.05. The molecule has 0 saturated carbocycles. The Hall–Kier alpha value is -1.12. The van der Waals surface area contributed by atoms with E-state index in [0.29, 0.717) is 22.0 Å². The van der Waals surface area contributed by atoms with E-state index in [0.717, 1.165) is 9.26 Å². The highest BCUT2D eigenvalue weighted by Gasteiger charge is 2.10. The quantitative estimate of drug-likeness (QED) is 0.499. The largest absolute Gasteiger partial charge is 0.340 e. The molecule has 96 valence electrons. The predicted octanol–water partition coefficient (Wildman–Crippen LogP) is 4.01. The van der Waals surface area contributed by atoms with E-state index in [9.17, 15) is 0 Å². The van der Waals surface area contributed by atoms with Crippen molar-refractivity contribution in [2.45, 2.75) is 0 Å². The van der Waals surface area contributed by atoms with Crippen molar-refractivity contribution < 1.29 is 0 Å². The Labute approximate surface area is 131 Å². The van der Waals surface area contributed by atoms with E-state index in [1.165, 1.54) is 0 Å². The normalized spacial score (nSPS) is 10.9. The number of anilines is 2. The van der Waals surface area contributed by atoms with Gasteiger partial charge >= 0.3 is 0 Å². The molecule has 0 saturated heterocycles. The highest BCUT2D eigenvalue weighted by Crippen LogP contribution is 2.27. The molecule has 8 heteroatoms. The number of imidazole rings is 1. The number of rotatable bonds is 2. The molecule has 5 nitrogen and oxygen atoms in total. The maximum Gasteiger partial charge on any atom is 0.226 e. The number of nitrogens with one attached hydrogen (secondary N) is 2. The first-order valence-electron chi connectivity index (χ1n) is 5.22. The summed E-state index contributed by atoms with van der Waals surface area (Å²) < 4.78 is 0.979. The fraction of sp³-hybridized carbons (Fsp3) is 0. The lowest BCUT2D eigenvalue weighted by Gasteiger charge is -2.08. The third kappa shape index (κ3) is 2.60. The van der Waals surface area contributed by atoms with Gasteiger partial charge in [-0.05, 0) is 52.4 Å². The molecule has 0 atom stereocenters. The second-order valence-electron chi connectivity index (χ2n) is 3.69. The van der Waals surface area contributed by atoms with Crippen molar-refractivity contribution in [1.82, 2.24) is 19.9 Å². The third-order valence-electron chi connectivity index (χ3n) is 2.44. The van der Waals surface area contributed by atoms with Gasteiger partial charge in [0.25, 0.3) is 0 Å². The minimum atomic E-state index is 0.145. The summed E-state index contributed by atoms with van der Waals surface area (Å²) in [5, 5.41) is 4.02. The number of hydrogen-bond acceptors (Lipinski definition) is 4. The summed E-state index contributed by atoms with van der Waals surface area (Å²) in [6.07, 6.45) is 1.55.